The normalized spacial score (nSPS) is 14.1. The number of halogens is 2. The summed E-state index contributed by atoms with van der Waals surface area (Å²) in [5.74, 6) is 0.345. The number of nitrogens with one attached hydrogen (secondary N) is 2. The Morgan fingerprint density at radius 2 is 1.54 bits per heavy atom. The summed E-state index contributed by atoms with van der Waals surface area (Å²) in [6, 6.07) is 24.9. The molecule has 5 nitrogen and oxygen atoms in total. The molecule has 6 rings (SSSR count). The maximum absolute atomic E-state index is 13.5. The van der Waals surface area contributed by atoms with Crippen molar-refractivity contribution in [2.45, 2.75) is 19.3 Å². The summed E-state index contributed by atoms with van der Waals surface area (Å²) in [5.41, 5.74) is 6.85. The molecular formula is C30H22Cl2N4O. The third-order valence-electron chi connectivity index (χ3n) is 6.51. The quantitative estimate of drug-likeness (QED) is 0.250. The van der Waals surface area contributed by atoms with Crippen LogP contribution in [0.4, 0.5) is 11.6 Å². The van der Waals surface area contributed by atoms with Gasteiger partial charge in [0.15, 0.2) is 5.65 Å². The van der Waals surface area contributed by atoms with Crippen LogP contribution in [-0.2, 0) is 6.42 Å². The van der Waals surface area contributed by atoms with E-state index >= 15 is 0 Å². The van der Waals surface area contributed by atoms with Gasteiger partial charge in [-0.1, -0.05) is 65.7 Å². The van der Waals surface area contributed by atoms with Gasteiger partial charge in [0, 0.05) is 21.3 Å². The van der Waals surface area contributed by atoms with Gasteiger partial charge in [0.05, 0.1) is 11.1 Å². The number of nitrogens with zero attached hydrogens (tertiary/aromatic N) is 2. The van der Waals surface area contributed by atoms with E-state index in [0.717, 1.165) is 58.5 Å². The van der Waals surface area contributed by atoms with E-state index in [-0.39, 0.29) is 5.56 Å². The molecular weight excluding hydrogens is 503 g/mol. The van der Waals surface area contributed by atoms with E-state index in [1.807, 2.05) is 78.9 Å². The van der Waals surface area contributed by atoms with Crippen molar-refractivity contribution >= 4 is 57.5 Å². The number of allylic oxidation sites excluding steroid dienone is 1. The van der Waals surface area contributed by atoms with Gasteiger partial charge in [-0.05, 0) is 84.0 Å². The number of anilines is 2. The smallest absolute Gasteiger partial charge is 0.262 e. The molecule has 1 aliphatic carbocycles. The highest BCUT2D eigenvalue weighted by atomic mass is 35.5. The average Bonchev–Trinajstić information content (AvgIpc) is 2.90. The number of rotatable bonds is 4. The van der Waals surface area contributed by atoms with Crippen LogP contribution in [0, 0.1) is 0 Å². The second kappa shape index (κ2) is 9.85. The molecule has 0 saturated carbocycles. The zero-order valence-electron chi connectivity index (χ0n) is 19.8. The Morgan fingerprint density at radius 1 is 0.838 bits per heavy atom. The minimum atomic E-state index is -0.238. The number of hydrogen-bond acceptors (Lipinski definition) is 4. The lowest BCUT2D eigenvalue weighted by molar-refractivity contribution is 0.815. The van der Waals surface area contributed by atoms with Gasteiger partial charge >= 0.3 is 0 Å². The van der Waals surface area contributed by atoms with Crippen LogP contribution in [0.25, 0.3) is 33.8 Å². The first kappa shape index (κ1) is 23.5. The molecule has 0 aliphatic heterocycles. The molecule has 0 saturated heterocycles. The maximum Gasteiger partial charge on any atom is 0.262 e. The predicted molar refractivity (Wildman–Crippen MR) is 153 cm³/mol. The van der Waals surface area contributed by atoms with Crippen molar-refractivity contribution in [3.63, 3.8) is 0 Å². The molecule has 37 heavy (non-hydrogen) atoms. The summed E-state index contributed by atoms with van der Waals surface area (Å²) < 4.78 is 0. The number of fused-ring (bicyclic) bond motifs is 2. The van der Waals surface area contributed by atoms with E-state index in [1.54, 1.807) is 0 Å². The first-order chi connectivity index (χ1) is 18.0. The van der Waals surface area contributed by atoms with Gasteiger partial charge in [0.2, 0.25) is 5.95 Å². The van der Waals surface area contributed by atoms with Crippen LogP contribution >= 0.6 is 23.2 Å². The van der Waals surface area contributed by atoms with E-state index in [0.29, 0.717) is 27.0 Å². The number of pyridine rings is 1. The number of aromatic amines is 1. The van der Waals surface area contributed by atoms with E-state index < -0.39 is 0 Å². The van der Waals surface area contributed by atoms with Gasteiger partial charge in [-0.2, -0.15) is 4.98 Å². The fourth-order valence-electron chi connectivity index (χ4n) is 4.85. The molecule has 1 aliphatic rings. The Balaban J connectivity index is 1.59. The third kappa shape index (κ3) is 4.76. The van der Waals surface area contributed by atoms with Crippen LogP contribution < -0.4 is 10.9 Å². The van der Waals surface area contributed by atoms with Crippen molar-refractivity contribution in [2.75, 3.05) is 5.32 Å². The minimum Gasteiger partial charge on any atom is -0.326 e. The van der Waals surface area contributed by atoms with Crippen molar-refractivity contribution in [1.82, 2.24) is 15.0 Å². The van der Waals surface area contributed by atoms with Gasteiger partial charge < -0.3 is 5.32 Å². The van der Waals surface area contributed by atoms with Crippen molar-refractivity contribution < 1.29 is 0 Å². The van der Waals surface area contributed by atoms with E-state index in [9.17, 15) is 4.79 Å². The SMILES string of the molecule is O=c1[nH]c(Nc2ccccc2)nc2nc3c(c(-c4ccc(Cl)cc4)c12)CCC/C3=C\c1ccc(Cl)cc1. The molecule has 0 bridgehead atoms. The largest absolute Gasteiger partial charge is 0.326 e. The van der Waals surface area contributed by atoms with Crippen LogP contribution in [0.1, 0.15) is 29.7 Å². The molecule has 0 atom stereocenters. The summed E-state index contributed by atoms with van der Waals surface area (Å²) in [4.78, 5) is 26.2. The third-order valence-corrected chi connectivity index (χ3v) is 7.02. The number of aromatic nitrogens is 3. The van der Waals surface area contributed by atoms with Gasteiger partial charge in [0.1, 0.15) is 0 Å². The van der Waals surface area contributed by atoms with Crippen LogP contribution in [0.3, 0.4) is 0 Å². The van der Waals surface area contributed by atoms with E-state index in [4.69, 9.17) is 33.2 Å². The van der Waals surface area contributed by atoms with Crippen LogP contribution in [0.5, 0.6) is 0 Å². The van der Waals surface area contributed by atoms with Crippen molar-refractivity contribution in [3.8, 4) is 11.1 Å². The van der Waals surface area contributed by atoms with Crippen LogP contribution in [0.2, 0.25) is 10.0 Å². The Bertz CT molecular complexity index is 1690. The Labute approximate surface area is 223 Å². The van der Waals surface area contributed by atoms with Crippen LogP contribution in [-0.4, -0.2) is 15.0 Å². The first-order valence-corrected chi connectivity index (χ1v) is 12.8. The molecule has 182 valence electrons. The second-order valence-electron chi connectivity index (χ2n) is 9.00. The fraction of sp³-hybridized carbons (Fsp3) is 0.100. The molecule has 3 aromatic carbocycles. The molecule has 7 heteroatoms. The molecule has 0 unspecified atom stereocenters. The van der Waals surface area contributed by atoms with Crippen molar-refractivity contribution in [2.24, 2.45) is 0 Å². The zero-order valence-corrected chi connectivity index (χ0v) is 21.3. The lowest BCUT2D eigenvalue weighted by Gasteiger charge is -2.23. The molecule has 2 N–H and O–H groups in total. The number of benzene rings is 3. The molecule has 2 aromatic heterocycles. The fourth-order valence-corrected chi connectivity index (χ4v) is 5.10. The Kier molecular flexibility index (Phi) is 6.25. The Hall–Kier alpha value is -3.93. The lowest BCUT2D eigenvalue weighted by atomic mass is 9.84. The van der Waals surface area contributed by atoms with Gasteiger partial charge in [-0.25, -0.2) is 4.98 Å². The summed E-state index contributed by atoms with van der Waals surface area (Å²) >= 11 is 12.3. The lowest BCUT2D eigenvalue weighted by Crippen LogP contribution is -2.17. The first-order valence-electron chi connectivity index (χ1n) is 12.1. The number of hydrogen-bond donors (Lipinski definition) is 2. The maximum atomic E-state index is 13.5. The summed E-state index contributed by atoms with van der Waals surface area (Å²) in [5, 5.41) is 5.00. The summed E-state index contributed by atoms with van der Waals surface area (Å²) in [6.45, 7) is 0. The molecule has 5 aromatic rings. The molecule has 0 spiro atoms. The van der Waals surface area contributed by atoms with Crippen molar-refractivity contribution in [1.29, 1.82) is 0 Å². The van der Waals surface area contributed by atoms with E-state index in [2.05, 4.69) is 16.4 Å². The molecule has 0 radical (unpaired) electrons. The number of H-pyrrole nitrogens is 1. The summed E-state index contributed by atoms with van der Waals surface area (Å²) in [7, 11) is 0. The molecule has 0 fully saturated rings. The highest BCUT2D eigenvalue weighted by Gasteiger charge is 2.25. The number of para-hydroxylation sites is 1. The average molecular weight is 525 g/mol. The second-order valence-corrected chi connectivity index (χ2v) is 9.87. The van der Waals surface area contributed by atoms with Gasteiger partial charge in [-0.3, -0.25) is 9.78 Å². The standard InChI is InChI=1S/C30H22Cl2N4O/c31-21-13-9-18(10-14-21)17-20-5-4-8-24-25(19-11-15-22(32)16-12-19)26-28(34-27(20)24)35-30(36-29(26)37)33-23-6-2-1-3-7-23/h1-3,6-7,9-17H,4-5,8H2,(H2,33,34,35,36,37)/b20-17+. The van der Waals surface area contributed by atoms with Crippen LogP contribution in [0.15, 0.2) is 83.7 Å². The van der Waals surface area contributed by atoms with Crippen molar-refractivity contribution in [3.05, 3.63) is 116 Å². The zero-order chi connectivity index (χ0) is 25.4. The molecule has 2 heterocycles. The molecule has 0 amide bonds. The van der Waals surface area contributed by atoms with Gasteiger partial charge in [-0.15, -0.1) is 0 Å². The highest BCUT2D eigenvalue weighted by Crippen LogP contribution is 2.40. The highest BCUT2D eigenvalue weighted by molar-refractivity contribution is 6.31. The van der Waals surface area contributed by atoms with Gasteiger partial charge in [0.25, 0.3) is 5.56 Å². The monoisotopic (exact) mass is 524 g/mol. The predicted octanol–water partition coefficient (Wildman–Crippen LogP) is 7.91. The Morgan fingerprint density at radius 3 is 2.27 bits per heavy atom. The summed E-state index contributed by atoms with van der Waals surface area (Å²) in [6.07, 6.45) is 4.80. The minimum absolute atomic E-state index is 0.238. The topological polar surface area (TPSA) is 70.7 Å². The van der Waals surface area contributed by atoms with E-state index in [1.165, 1.54) is 0 Å².